The fourth-order valence-corrected chi connectivity index (χ4v) is 1.88. The van der Waals surface area contributed by atoms with Crippen LogP contribution in [-0.4, -0.2) is 30.8 Å². The summed E-state index contributed by atoms with van der Waals surface area (Å²) in [5.41, 5.74) is 0. The van der Waals surface area contributed by atoms with E-state index in [-0.39, 0.29) is 13.2 Å². The summed E-state index contributed by atoms with van der Waals surface area (Å²) in [5.74, 6) is 2.00. The summed E-state index contributed by atoms with van der Waals surface area (Å²) < 4.78 is 11.1. The fraction of sp³-hybridized carbons (Fsp3) is 0.286. The monoisotopic (exact) mass is 266 g/mol. The van der Waals surface area contributed by atoms with Gasteiger partial charge in [-0.05, 0) is 12.1 Å². The third-order valence-electron chi connectivity index (χ3n) is 2.53. The molecule has 0 unspecified atom stereocenters. The second-order valence-electron chi connectivity index (χ2n) is 3.72. The van der Waals surface area contributed by atoms with E-state index in [4.69, 9.17) is 26.2 Å². The van der Waals surface area contributed by atoms with Gasteiger partial charge in [-0.25, -0.2) is 0 Å². The first-order valence-corrected chi connectivity index (χ1v) is 6.34. The largest absolute Gasteiger partial charge is 0.492 e. The van der Waals surface area contributed by atoms with Crippen molar-refractivity contribution < 1.29 is 14.6 Å². The molecule has 4 heteroatoms. The fourth-order valence-electron chi connectivity index (χ4n) is 1.80. The van der Waals surface area contributed by atoms with Crippen LogP contribution in [0.5, 0.6) is 11.5 Å². The maximum absolute atomic E-state index is 8.81. The standard InChI is InChI=1S/C14H15ClO3/c15-7-9-17-13-5-6-14(18-10-8-16)12-4-2-1-3-11(12)13/h1-6,16H,7-10H2. The molecule has 0 saturated heterocycles. The Morgan fingerprint density at radius 1 is 0.889 bits per heavy atom. The summed E-state index contributed by atoms with van der Waals surface area (Å²) in [5, 5.41) is 10.8. The van der Waals surface area contributed by atoms with Gasteiger partial charge >= 0.3 is 0 Å². The molecule has 3 nitrogen and oxygen atoms in total. The lowest BCUT2D eigenvalue weighted by Crippen LogP contribution is -2.03. The maximum atomic E-state index is 8.81. The van der Waals surface area contributed by atoms with Crippen LogP contribution < -0.4 is 9.47 Å². The zero-order valence-corrected chi connectivity index (χ0v) is 10.7. The number of ether oxygens (including phenoxy) is 2. The number of fused-ring (bicyclic) bond motifs is 1. The number of aliphatic hydroxyl groups is 1. The molecule has 0 saturated carbocycles. The van der Waals surface area contributed by atoms with Crippen LogP contribution in [0.2, 0.25) is 0 Å². The molecule has 0 aliphatic rings. The first kappa shape index (κ1) is 13.0. The van der Waals surface area contributed by atoms with Gasteiger partial charge < -0.3 is 14.6 Å². The highest BCUT2D eigenvalue weighted by Gasteiger charge is 2.07. The minimum atomic E-state index is -0.00116. The summed E-state index contributed by atoms with van der Waals surface area (Å²) in [6, 6.07) is 11.6. The lowest BCUT2D eigenvalue weighted by atomic mass is 10.1. The van der Waals surface area contributed by atoms with Crippen molar-refractivity contribution in [2.24, 2.45) is 0 Å². The molecule has 2 rings (SSSR count). The number of hydrogen-bond acceptors (Lipinski definition) is 3. The maximum Gasteiger partial charge on any atom is 0.127 e. The van der Waals surface area contributed by atoms with Crippen LogP contribution in [-0.2, 0) is 0 Å². The molecule has 0 aliphatic carbocycles. The molecular formula is C14H15ClO3. The van der Waals surface area contributed by atoms with Gasteiger partial charge in [-0.1, -0.05) is 24.3 Å². The van der Waals surface area contributed by atoms with Crippen molar-refractivity contribution in [2.75, 3.05) is 25.7 Å². The minimum absolute atomic E-state index is 0.00116. The van der Waals surface area contributed by atoms with Crippen molar-refractivity contribution in [3.8, 4) is 11.5 Å². The Morgan fingerprint density at radius 2 is 1.44 bits per heavy atom. The number of alkyl halides is 1. The molecule has 0 amide bonds. The molecule has 0 aromatic heterocycles. The van der Waals surface area contributed by atoms with E-state index in [1.165, 1.54) is 0 Å². The Kier molecular flexibility index (Phi) is 4.67. The van der Waals surface area contributed by atoms with Crippen LogP contribution in [0.4, 0.5) is 0 Å². The van der Waals surface area contributed by atoms with E-state index in [9.17, 15) is 0 Å². The first-order valence-electron chi connectivity index (χ1n) is 5.81. The third-order valence-corrected chi connectivity index (χ3v) is 2.68. The van der Waals surface area contributed by atoms with Crippen LogP contribution >= 0.6 is 11.6 Å². The van der Waals surface area contributed by atoms with Crippen molar-refractivity contribution in [1.29, 1.82) is 0 Å². The van der Waals surface area contributed by atoms with Crippen LogP contribution in [0.3, 0.4) is 0 Å². The number of hydrogen-bond donors (Lipinski definition) is 1. The van der Waals surface area contributed by atoms with Crippen molar-refractivity contribution in [3.05, 3.63) is 36.4 Å². The van der Waals surface area contributed by atoms with E-state index < -0.39 is 0 Å². The Labute approximate surface area is 111 Å². The normalized spacial score (nSPS) is 10.6. The zero-order valence-electron chi connectivity index (χ0n) is 9.93. The number of halogens is 1. The average Bonchev–Trinajstić information content (AvgIpc) is 2.43. The summed E-state index contributed by atoms with van der Waals surface area (Å²) in [6.45, 7) is 0.757. The predicted molar refractivity (Wildman–Crippen MR) is 72.7 cm³/mol. The average molecular weight is 267 g/mol. The lowest BCUT2D eigenvalue weighted by Gasteiger charge is -2.12. The molecule has 0 heterocycles. The summed E-state index contributed by atoms with van der Waals surface area (Å²) in [6.07, 6.45) is 0. The van der Waals surface area contributed by atoms with E-state index in [1.807, 2.05) is 36.4 Å². The third kappa shape index (κ3) is 2.86. The second-order valence-corrected chi connectivity index (χ2v) is 4.09. The van der Waals surface area contributed by atoms with Crippen molar-refractivity contribution >= 4 is 22.4 Å². The van der Waals surface area contributed by atoms with Gasteiger partial charge in [0.1, 0.15) is 24.7 Å². The summed E-state index contributed by atoms with van der Waals surface area (Å²) in [4.78, 5) is 0. The van der Waals surface area contributed by atoms with Gasteiger partial charge in [0.25, 0.3) is 0 Å². The SMILES string of the molecule is OCCOc1ccc(OCCCl)c2ccccc12. The van der Waals surface area contributed by atoms with Crippen LogP contribution in [0.25, 0.3) is 10.8 Å². The lowest BCUT2D eigenvalue weighted by molar-refractivity contribution is 0.202. The summed E-state index contributed by atoms with van der Waals surface area (Å²) in [7, 11) is 0. The van der Waals surface area contributed by atoms with Crippen LogP contribution in [0.1, 0.15) is 0 Å². The van der Waals surface area contributed by atoms with E-state index in [0.29, 0.717) is 12.5 Å². The van der Waals surface area contributed by atoms with Gasteiger partial charge in [0.15, 0.2) is 0 Å². The predicted octanol–water partition coefficient (Wildman–Crippen LogP) is 2.83. The number of rotatable bonds is 6. The molecule has 2 aromatic rings. The van der Waals surface area contributed by atoms with Gasteiger partial charge in [-0.2, -0.15) is 0 Å². The molecule has 0 atom stereocenters. The molecule has 1 N–H and O–H groups in total. The summed E-state index contributed by atoms with van der Waals surface area (Å²) >= 11 is 5.62. The molecule has 0 radical (unpaired) electrons. The van der Waals surface area contributed by atoms with E-state index in [2.05, 4.69) is 0 Å². The molecule has 0 bridgehead atoms. The zero-order chi connectivity index (χ0) is 12.8. The Bertz CT molecular complexity index is 467. The molecular weight excluding hydrogens is 252 g/mol. The topological polar surface area (TPSA) is 38.7 Å². The molecule has 18 heavy (non-hydrogen) atoms. The minimum Gasteiger partial charge on any atom is -0.492 e. The molecule has 96 valence electrons. The van der Waals surface area contributed by atoms with Gasteiger partial charge in [0.2, 0.25) is 0 Å². The first-order chi connectivity index (χ1) is 8.86. The second kappa shape index (κ2) is 6.47. The van der Waals surface area contributed by atoms with Crippen molar-refractivity contribution in [2.45, 2.75) is 0 Å². The molecule has 0 aliphatic heterocycles. The van der Waals surface area contributed by atoms with E-state index in [1.54, 1.807) is 0 Å². The highest BCUT2D eigenvalue weighted by Crippen LogP contribution is 2.33. The van der Waals surface area contributed by atoms with Gasteiger partial charge in [0, 0.05) is 10.8 Å². The van der Waals surface area contributed by atoms with Gasteiger partial charge in [-0.15, -0.1) is 11.6 Å². The van der Waals surface area contributed by atoms with Gasteiger partial charge in [-0.3, -0.25) is 0 Å². The Hall–Kier alpha value is -1.45. The van der Waals surface area contributed by atoms with Crippen molar-refractivity contribution in [3.63, 3.8) is 0 Å². The molecule has 0 spiro atoms. The Morgan fingerprint density at radius 3 is 1.94 bits per heavy atom. The van der Waals surface area contributed by atoms with Crippen LogP contribution in [0, 0.1) is 0 Å². The quantitative estimate of drug-likeness (QED) is 0.817. The highest BCUT2D eigenvalue weighted by molar-refractivity contribution is 6.18. The smallest absolute Gasteiger partial charge is 0.127 e. The van der Waals surface area contributed by atoms with Gasteiger partial charge in [0.05, 0.1) is 12.5 Å². The number of aliphatic hydroxyl groups excluding tert-OH is 1. The Balaban J connectivity index is 2.38. The highest BCUT2D eigenvalue weighted by atomic mass is 35.5. The molecule has 0 fully saturated rings. The van der Waals surface area contributed by atoms with E-state index in [0.717, 1.165) is 22.3 Å². The number of benzene rings is 2. The van der Waals surface area contributed by atoms with E-state index >= 15 is 0 Å². The molecule has 2 aromatic carbocycles. The van der Waals surface area contributed by atoms with Crippen molar-refractivity contribution in [1.82, 2.24) is 0 Å². The van der Waals surface area contributed by atoms with Crippen LogP contribution in [0.15, 0.2) is 36.4 Å².